The monoisotopic (exact) mass is 490 g/mol. The van der Waals surface area contributed by atoms with Gasteiger partial charge >= 0.3 is 17.8 Å². The number of nitrogens with one attached hydrogen (secondary N) is 2. The van der Waals surface area contributed by atoms with Crippen molar-refractivity contribution in [2.24, 2.45) is 5.10 Å². The fourth-order valence-electron chi connectivity index (χ4n) is 2.48. The Hall–Kier alpha value is -4.29. The molecule has 3 aromatic carbocycles. The highest BCUT2D eigenvalue weighted by Gasteiger charge is 2.13. The van der Waals surface area contributed by atoms with Crippen molar-refractivity contribution < 1.29 is 19.1 Å². The molecule has 0 aliphatic carbocycles. The standard InChI is InChI=1S/C23H15BrN4O4/c24-20-7-2-1-6-19(20)23(31)32-18-5-3-4-16(12-18)14-26-28-22(30)21(29)27-17-10-8-15(13-25)9-11-17/h1-12,14H,(H,27,29)(H,28,30)/b26-14+. The van der Waals surface area contributed by atoms with Crippen molar-refractivity contribution in [3.63, 3.8) is 0 Å². The van der Waals surface area contributed by atoms with Gasteiger partial charge in [-0.3, -0.25) is 9.59 Å². The Bertz CT molecular complexity index is 1230. The summed E-state index contributed by atoms with van der Waals surface area (Å²) in [7, 11) is 0. The zero-order valence-corrected chi connectivity index (χ0v) is 18.0. The second kappa shape index (κ2) is 10.7. The predicted octanol–water partition coefficient (Wildman–Crippen LogP) is 3.63. The Morgan fingerprint density at radius 2 is 1.72 bits per heavy atom. The van der Waals surface area contributed by atoms with Crippen molar-refractivity contribution >= 4 is 45.6 Å². The number of carbonyl (C=O) groups is 3. The number of halogens is 1. The number of ether oxygens (including phenoxy) is 1. The van der Waals surface area contributed by atoms with Crippen LogP contribution in [0.2, 0.25) is 0 Å². The third kappa shape index (κ3) is 6.10. The summed E-state index contributed by atoms with van der Waals surface area (Å²) < 4.78 is 5.98. The topological polar surface area (TPSA) is 121 Å². The van der Waals surface area contributed by atoms with Crippen molar-refractivity contribution in [1.29, 1.82) is 5.26 Å². The molecule has 3 rings (SSSR count). The number of hydrogen-bond acceptors (Lipinski definition) is 6. The van der Waals surface area contributed by atoms with Crippen LogP contribution >= 0.6 is 15.9 Å². The van der Waals surface area contributed by atoms with Gasteiger partial charge in [0.15, 0.2) is 0 Å². The van der Waals surface area contributed by atoms with Crippen LogP contribution in [0.25, 0.3) is 0 Å². The molecule has 0 fully saturated rings. The van der Waals surface area contributed by atoms with E-state index >= 15 is 0 Å². The van der Waals surface area contributed by atoms with Gasteiger partial charge in [0.1, 0.15) is 5.75 Å². The Morgan fingerprint density at radius 1 is 0.969 bits per heavy atom. The van der Waals surface area contributed by atoms with Gasteiger partial charge < -0.3 is 10.1 Å². The number of hydrazone groups is 1. The maximum absolute atomic E-state index is 12.3. The van der Waals surface area contributed by atoms with E-state index in [9.17, 15) is 14.4 Å². The molecular weight excluding hydrogens is 476 g/mol. The zero-order valence-electron chi connectivity index (χ0n) is 16.4. The molecule has 0 aliphatic heterocycles. The Labute approximate surface area is 191 Å². The maximum atomic E-state index is 12.3. The number of anilines is 1. The van der Waals surface area contributed by atoms with Gasteiger partial charge in [0.05, 0.1) is 23.4 Å². The van der Waals surface area contributed by atoms with E-state index in [2.05, 4.69) is 31.8 Å². The minimum atomic E-state index is -0.970. The van der Waals surface area contributed by atoms with E-state index in [1.165, 1.54) is 30.5 Å². The Kier molecular flexibility index (Phi) is 7.46. The van der Waals surface area contributed by atoms with Gasteiger partial charge in [0.2, 0.25) is 0 Å². The first kappa shape index (κ1) is 22.4. The van der Waals surface area contributed by atoms with E-state index < -0.39 is 17.8 Å². The number of esters is 1. The molecule has 0 spiro atoms. The van der Waals surface area contributed by atoms with Gasteiger partial charge in [-0.1, -0.05) is 24.3 Å². The predicted molar refractivity (Wildman–Crippen MR) is 121 cm³/mol. The molecule has 0 aromatic heterocycles. The van der Waals surface area contributed by atoms with E-state index in [0.29, 0.717) is 32.6 Å². The van der Waals surface area contributed by atoms with Gasteiger partial charge in [0.25, 0.3) is 0 Å². The SMILES string of the molecule is N#Cc1ccc(NC(=O)C(=O)N/N=C/c2cccc(OC(=O)c3ccccc3Br)c2)cc1. The molecule has 0 aliphatic rings. The molecule has 0 saturated heterocycles. The van der Waals surface area contributed by atoms with Crippen LogP contribution in [-0.2, 0) is 9.59 Å². The number of amides is 2. The van der Waals surface area contributed by atoms with Crippen molar-refractivity contribution in [3.05, 3.63) is 94.0 Å². The van der Waals surface area contributed by atoms with Crippen molar-refractivity contribution in [3.8, 4) is 11.8 Å². The fraction of sp³-hybridized carbons (Fsp3) is 0. The minimum absolute atomic E-state index is 0.291. The minimum Gasteiger partial charge on any atom is -0.423 e. The van der Waals surface area contributed by atoms with Gasteiger partial charge in [-0.05, 0) is 70.0 Å². The highest BCUT2D eigenvalue weighted by Crippen LogP contribution is 2.19. The zero-order chi connectivity index (χ0) is 22.9. The third-order valence-electron chi connectivity index (χ3n) is 4.02. The summed E-state index contributed by atoms with van der Waals surface area (Å²) in [5.41, 5.74) is 3.84. The van der Waals surface area contributed by atoms with Crippen LogP contribution in [0.1, 0.15) is 21.5 Å². The normalized spacial score (nSPS) is 10.2. The van der Waals surface area contributed by atoms with Gasteiger partial charge in [-0.25, -0.2) is 10.2 Å². The maximum Gasteiger partial charge on any atom is 0.344 e. The summed E-state index contributed by atoms with van der Waals surface area (Å²) in [6.45, 7) is 0. The first-order valence-corrected chi connectivity index (χ1v) is 9.97. The summed E-state index contributed by atoms with van der Waals surface area (Å²) in [6, 6.07) is 21.4. The molecule has 3 aromatic rings. The number of nitriles is 1. The summed E-state index contributed by atoms with van der Waals surface area (Å²) in [5, 5.41) is 14.9. The van der Waals surface area contributed by atoms with Gasteiger partial charge in [0, 0.05) is 10.2 Å². The van der Waals surface area contributed by atoms with Gasteiger partial charge in [-0.2, -0.15) is 10.4 Å². The second-order valence-electron chi connectivity index (χ2n) is 6.28. The molecule has 8 nitrogen and oxygen atoms in total. The molecule has 0 bridgehead atoms. The van der Waals surface area contributed by atoms with Crippen molar-refractivity contribution in [2.45, 2.75) is 0 Å². The molecule has 2 N–H and O–H groups in total. The molecule has 0 atom stereocenters. The average Bonchev–Trinajstić information content (AvgIpc) is 2.80. The molecule has 32 heavy (non-hydrogen) atoms. The van der Waals surface area contributed by atoms with Crippen LogP contribution in [0.5, 0.6) is 5.75 Å². The van der Waals surface area contributed by atoms with Crippen LogP contribution in [0, 0.1) is 11.3 Å². The van der Waals surface area contributed by atoms with E-state index in [4.69, 9.17) is 10.00 Å². The lowest BCUT2D eigenvalue weighted by Crippen LogP contribution is -2.32. The molecule has 0 heterocycles. The van der Waals surface area contributed by atoms with E-state index in [-0.39, 0.29) is 0 Å². The smallest absolute Gasteiger partial charge is 0.344 e. The fourth-order valence-corrected chi connectivity index (χ4v) is 2.93. The van der Waals surface area contributed by atoms with Gasteiger partial charge in [-0.15, -0.1) is 0 Å². The number of nitrogens with zero attached hydrogens (tertiary/aromatic N) is 2. The Morgan fingerprint density at radius 3 is 2.44 bits per heavy atom. The van der Waals surface area contributed by atoms with Crippen LogP contribution < -0.4 is 15.5 Å². The first-order valence-electron chi connectivity index (χ1n) is 9.17. The van der Waals surface area contributed by atoms with Crippen LogP contribution in [0.4, 0.5) is 5.69 Å². The first-order chi connectivity index (χ1) is 15.5. The van der Waals surface area contributed by atoms with E-state index in [1.807, 2.05) is 6.07 Å². The number of rotatable bonds is 5. The van der Waals surface area contributed by atoms with Crippen LogP contribution in [-0.4, -0.2) is 24.0 Å². The molecule has 0 unspecified atom stereocenters. The lowest BCUT2D eigenvalue weighted by Gasteiger charge is -2.06. The van der Waals surface area contributed by atoms with Crippen molar-refractivity contribution in [2.75, 3.05) is 5.32 Å². The largest absolute Gasteiger partial charge is 0.423 e. The molecule has 0 radical (unpaired) electrons. The lowest BCUT2D eigenvalue weighted by atomic mass is 10.2. The average molecular weight is 491 g/mol. The lowest BCUT2D eigenvalue weighted by molar-refractivity contribution is -0.136. The number of benzene rings is 3. The molecule has 2 amide bonds. The summed E-state index contributed by atoms with van der Waals surface area (Å²) in [5.74, 6) is -2.12. The summed E-state index contributed by atoms with van der Waals surface area (Å²) in [4.78, 5) is 36.1. The third-order valence-corrected chi connectivity index (χ3v) is 4.71. The number of hydrogen-bond donors (Lipinski definition) is 2. The van der Waals surface area contributed by atoms with E-state index in [0.717, 1.165) is 0 Å². The summed E-state index contributed by atoms with van der Waals surface area (Å²) >= 11 is 3.30. The highest BCUT2D eigenvalue weighted by molar-refractivity contribution is 9.10. The molecular formula is C23H15BrN4O4. The summed E-state index contributed by atoms with van der Waals surface area (Å²) in [6.07, 6.45) is 1.31. The quantitative estimate of drug-likeness (QED) is 0.186. The molecule has 158 valence electrons. The van der Waals surface area contributed by atoms with Crippen LogP contribution in [0.15, 0.2) is 82.4 Å². The second-order valence-corrected chi connectivity index (χ2v) is 7.14. The van der Waals surface area contributed by atoms with Crippen LogP contribution in [0.3, 0.4) is 0 Å². The molecule has 0 saturated carbocycles. The molecule has 9 heteroatoms. The van der Waals surface area contributed by atoms with E-state index in [1.54, 1.807) is 48.5 Å². The highest BCUT2D eigenvalue weighted by atomic mass is 79.9. The number of carbonyl (C=O) groups excluding carboxylic acids is 3. The van der Waals surface area contributed by atoms with Crippen molar-refractivity contribution in [1.82, 2.24) is 5.43 Å². The Balaban J connectivity index is 1.56.